The van der Waals surface area contributed by atoms with Crippen LogP contribution in [0.1, 0.15) is 44.9 Å². The summed E-state index contributed by atoms with van der Waals surface area (Å²) in [5, 5.41) is 3.54. The van der Waals surface area contributed by atoms with Crippen LogP contribution in [-0.4, -0.2) is 18.8 Å². The fraction of sp³-hybridized carbons (Fsp3) is 0.692. The van der Waals surface area contributed by atoms with Gasteiger partial charge in [0.15, 0.2) is 0 Å². The fourth-order valence-electron chi connectivity index (χ4n) is 2.25. The molecule has 90 valence electrons. The zero-order chi connectivity index (χ0) is 11.4. The van der Waals surface area contributed by atoms with E-state index in [4.69, 9.17) is 9.15 Å². The van der Waals surface area contributed by atoms with Gasteiger partial charge in [0.25, 0.3) is 0 Å². The van der Waals surface area contributed by atoms with Crippen LogP contribution >= 0.6 is 0 Å². The summed E-state index contributed by atoms with van der Waals surface area (Å²) in [6, 6.07) is 4.27. The van der Waals surface area contributed by atoms with Gasteiger partial charge in [-0.05, 0) is 38.3 Å². The van der Waals surface area contributed by atoms with Crippen molar-refractivity contribution in [1.29, 1.82) is 0 Å². The predicted molar refractivity (Wildman–Crippen MR) is 63.3 cm³/mol. The first-order valence-electron chi connectivity index (χ1n) is 6.14. The monoisotopic (exact) mass is 223 g/mol. The summed E-state index contributed by atoms with van der Waals surface area (Å²) in [6.07, 6.45) is 5.08. The SMILES string of the molecule is CCC(NCC1(C)CCCO1)c1ccco1. The molecule has 0 radical (unpaired) electrons. The highest BCUT2D eigenvalue weighted by atomic mass is 16.5. The maximum Gasteiger partial charge on any atom is 0.120 e. The molecule has 0 amide bonds. The van der Waals surface area contributed by atoms with Crippen molar-refractivity contribution in [2.45, 2.75) is 44.8 Å². The van der Waals surface area contributed by atoms with Gasteiger partial charge >= 0.3 is 0 Å². The topological polar surface area (TPSA) is 34.4 Å². The molecule has 2 atom stereocenters. The molecule has 1 N–H and O–H groups in total. The average Bonchev–Trinajstić information content (AvgIpc) is 2.91. The number of hydrogen-bond donors (Lipinski definition) is 1. The van der Waals surface area contributed by atoms with Crippen LogP contribution in [0.15, 0.2) is 22.8 Å². The lowest BCUT2D eigenvalue weighted by Crippen LogP contribution is -2.38. The Balaban J connectivity index is 1.88. The molecule has 2 heterocycles. The molecule has 0 aliphatic carbocycles. The Morgan fingerprint density at radius 3 is 3.00 bits per heavy atom. The molecular formula is C13H21NO2. The van der Waals surface area contributed by atoms with E-state index in [0.717, 1.165) is 31.8 Å². The molecule has 1 saturated heterocycles. The van der Waals surface area contributed by atoms with Crippen LogP contribution in [0.2, 0.25) is 0 Å². The number of furan rings is 1. The van der Waals surface area contributed by atoms with Crippen LogP contribution in [0.5, 0.6) is 0 Å². The number of ether oxygens (including phenoxy) is 1. The van der Waals surface area contributed by atoms with E-state index in [9.17, 15) is 0 Å². The third-order valence-corrected chi connectivity index (χ3v) is 3.32. The molecular weight excluding hydrogens is 202 g/mol. The Kier molecular flexibility index (Phi) is 3.66. The molecule has 1 aromatic rings. The summed E-state index contributed by atoms with van der Waals surface area (Å²) in [6.45, 7) is 6.14. The summed E-state index contributed by atoms with van der Waals surface area (Å²) < 4.78 is 11.2. The second-order valence-electron chi connectivity index (χ2n) is 4.76. The van der Waals surface area contributed by atoms with E-state index in [1.54, 1.807) is 6.26 Å². The van der Waals surface area contributed by atoms with Crippen molar-refractivity contribution in [3.63, 3.8) is 0 Å². The molecule has 3 nitrogen and oxygen atoms in total. The molecule has 1 aromatic heterocycles. The Morgan fingerprint density at radius 2 is 2.44 bits per heavy atom. The standard InChI is InChI=1S/C13H21NO2/c1-3-11(12-6-4-8-15-12)14-10-13(2)7-5-9-16-13/h4,6,8,11,14H,3,5,7,9-10H2,1-2H3. The van der Waals surface area contributed by atoms with Gasteiger partial charge in [-0.25, -0.2) is 0 Å². The van der Waals surface area contributed by atoms with Gasteiger partial charge in [0.05, 0.1) is 17.9 Å². The minimum absolute atomic E-state index is 0.0139. The van der Waals surface area contributed by atoms with Gasteiger partial charge in [-0.3, -0.25) is 0 Å². The van der Waals surface area contributed by atoms with E-state index in [1.165, 1.54) is 6.42 Å². The maximum absolute atomic E-state index is 5.76. The second-order valence-corrected chi connectivity index (χ2v) is 4.76. The van der Waals surface area contributed by atoms with Crippen molar-refractivity contribution in [2.24, 2.45) is 0 Å². The average molecular weight is 223 g/mol. The van der Waals surface area contributed by atoms with Crippen LogP contribution in [0.25, 0.3) is 0 Å². The summed E-state index contributed by atoms with van der Waals surface area (Å²) in [5.74, 6) is 1.02. The Hall–Kier alpha value is -0.800. The summed E-state index contributed by atoms with van der Waals surface area (Å²) in [7, 11) is 0. The minimum Gasteiger partial charge on any atom is -0.468 e. The van der Waals surface area contributed by atoms with Crippen molar-refractivity contribution >= 4 is 0 Å². The molecule has 2 unspecified atom stereocenters. The van der Waals surface area contributed by atoms with E-state index in [0.29, 0.717) is 6.04 Å². The van der Waals surface area contributed by atoms with Gasteiger partial charge < -0.3 is 14.5 Å². The van der Waals surface area contributed by atoms with Crippen LogP contribution in [0.4, 0.5) is 0 Å². The van der Waals surface area contributed by atoms with Gasteiger partial charge in [-0.2, -0.15) is 0 Å². The van der Waals surface area contributed by atoms with Crippen molar-refractivity contribution < 1.29 is 9.15 Å². The highest BCUT2D eigenvalue weighted by Gasteiger charge is 2.30. The molecule has 16 heavy (non-hydrogen) atoms. The van der Waals surface area contributed by atoms with Gasteiger partial charge in [0, 0.05) is 13.2 Å². The third kappa shape index (κ3) is 2.66. The first kappa shape index (κ1) is 11.7. The molecule has 1 aliphatic rings. The molecule has 0 spiro atoms. The molecule has 3 heteroatoms. The van der Waals surface area contributed by atoms with Gasteiger partial charge in [0.2, 0.25) is 0 Å². The highest BCUT2D eigenvalue weighted by molar-refractivity contribution is 5.04. The van der Waals surface area contributed by atoms with E-state index in [1.807, 2.05) is 12.1 Å². The van der Waals surface area contributed by atoms with E-state index >= 15 is 0 Å². The highest BCUT2D eigenvalue weighted by Crippen LogP contribution is 2.25. The Labute approximate surface area is 97.2 Å². The zero-order valence-electron chi connectivity index (χ0n) is 10.2. The smallest absolute Gasteiger partial charge is 0.120 e. The summed E-state index contributed by atoms with van der Waals surface area (Å²) in [5.41, 5.74) is 0.0139. The molecule has 0 saturated carbocycles. The number of rotatable bonds is 5. The minimum atomic E-state index is 0.0139. The summed E-state index contributed by atoms with van der Waals surface area (Å²) >= 11 is 0. The second kappa shape index (κ2) is 5.02. The fourth-order valence-corrected chi connectivity index (χ4v) is 2.25. The summed E-state index contributed by atoms with van der Waals surface area (Å²) in [4.78, 5) is 0. The number of nitrogens with one attached hydrogen (secondary N) is 1. The first-order chi connectivity index (χ1) is 7.73. The normalized spacial score (nSPS) is 27.1. The van der Waals surface area contributed by atoms with Gasteiger partial charge in [-0.15, -0.1) is 0 Å². The van der Waals surface area contributed by atoms with Crippen LogP contribution < -0.4 is 5.32 Å². The van der Waals surface area contributed by atoms with Gasteiger partial charge in [-0.1, -0.05) is 6.92 Å². The lowest BCUT2D eigenvalue weighted by atomic mass is 10.0. The molecule has 1 fully saturated rings. The third-order valence-electron chi connectivity index (χ3n) is 3.32. The Bertz CT molecular complexity index is 302. The van der Waals surface area contributed by atoms with Crippen LogP contribution in [-0.2, 0) is 4.74 Å². The Morgan fingerprint density at radius 1 is 1.56 bits per heavy atom. The largest absolute Gasteiger partial charge is 0.468 e. The lowest BCUT2D eigenvalue weighted by molar-refractivity contribution is 0.0181. The van der Waals surface area contributed by atoms with Crippen molar-refractivity contribution in [1.82, 2.24) is 5.32 Å². The van der Waals surface area contributed by atoms with Crippen molar-refractivity contribution in [3.8, 4) is 0 Å². The van der Waals surface area contributed by atoms with Crippen LogP contribution in [0.3, 0.4) is 0 Å². The van der Waals surface area contributed by atoms with Crippen molar-refractivity contribution in [2.75, 3.05) is 13.2 Å². The predicted octanol–water partition coefficient (Wildman–Crippen LogP) is 2.89. The molecule has 1 aliphatic heterocycles. The van der Waals surface area contributed by atoms with E-state index < -0.39 is 0 Å². The quantitative estimate of drug-likeness (QED) is 0.833. The lowest BCUT2D eigenvalue weighted by Gasteiger charge is -2.26. The van der Waals surface area contributed by atoms with Crippen LogP contribution in [0, 0.1) is 0 Å². The van der Waals surface area contributed by atoms with Gasteiger partial charge in [0.1, 0.15) is 5.76 Å². The first-order valence-corrected chi connectivity index (χ1v) is 6.14. The maximum atomic E-state index is 5.76. The zero-order valence-corrected chi connectivity index (χ0v) is 10.2. The van der Waals surface area contributed by atoms with Crippen molar-refractivity contribution in [3.05, 3.63) is 24.2 Å². The van der Waals surface area contributed by atoms with E-state index in [-0.39, 0.29) is 5.60 Å². The molecule has 0 bridgehead atoms. The molecule has 0 aromatic carbocycles. The molecule has 2 rings (SSSR count). The number of hydrogen-bond acceptors (Lipinski definition) is 3. The van der Waals surface area contributed by atoms with E-state index in [2.05, 4.69) is 19.2 Å².